The van der Waals surface area contributed by atoms with Gasteiger partial charge in [-0.05, 0) is 42.5 Å². The Balaban J connectivity index is 1.69. The zero-order valence-electron chi connectivity index (χ0n) is 21.2. The number of allylic oxidation sites excluding steroid dienone is 4. The maximum absolute atomic E-state index is 15.0. The van der Waals surface area contributed by atoms with Gasteiger partial charge < -0.3 is 4.74 Å². The minimum atomic E-state index is -1.18. The van der Waals surface area contributed by atoms with E-state index >= 15 is 0 Å². The molecule has 0 saturated carbocycles. The first-order valence-corrected chi connectivity index (χ1v) is 13.2. The quantitative estimate of drug-likeness (QED) is 0.243. The molecule has 1 aliphatic rings. The highest BCUT2D eigenvalue weighted by Gasteiger charge is 2.30. The van der Waals surface area contributed by atoms with E-state index in [2.05, 4.69) is 32.1 Å². The molecule has 2 aromatic rings. The summed E-state index contributed by atoms with van der Waals surface area (Å²) in [7, 11) is 0. The first-order chi connectivity index (χ1) is 17.0. The van der Waals surface area contributed by atoms with E-state index < -0.39 is 17.8 Å². The van der Waals surface area contributed by atoms with Crippen LogP contribution in [0.3, 0.4) is 0 Å². The lowest BCUT2D eigenvalue weighted by Gasteiger charge is -2.33. The van der Waals surface area contributed by atoms with Crippen LogP contribution in [0.15, 0.2) is 60.7 Å². The monoisotopic (exact) mass is 484 g/mol. The van der Waals surface area contributed by atoms with Crippen molar-refractivity contribution in [1.29, 1.82) is 0 Å². The first kappa shape index (κ1) is 27.1. The molecule has 0 radical (unpaired) electrons. The van der Waals surface area contributed by atoms with Gasteiger partial charge in [0.1, 0.15) is 12.8 Å². The Morgan fingerprint density at radius 2 is 1.63 bits per heavy atom. The van der Waals surface area contributed by atoms with Crippen LogP contribution >= 0.6 is 0 Å². The van der Waals surface area contributed by atoms with Crippen LogP contribution < -0.4 is 4.74 Å². The topological polar surface area (TPSA) is 9.23 Å². The predicted molar refractivity (Wildman–Crippen MR) is 140 cm³/mol. The van der Waals surface area contributed by atoms with E-state index in [9.17, 15) is 13.2 Å². The molecule has 1 unspecified atom stereocenters. The van der Waals surface area contributed by atoms with Crippen molar-refractivity contribution in [3.8, 4) is 5.75 Å². The van der Waals surface area contributed by atoms with Crippen molar-refractivity contribution in [2.24, 2.45) is 0 Å². The molecule has 1 nitrogen and oxygen atoms in total. The molecular weight excluding hydrogens is 445 g/mol. The fraction of sp³-hybridized carbons (Fsp3) is 0.484. The van der Waals surface area contributed by atoms with Gasteiger partial charge >= 0.3 is 0 Å². The number of alkyl halides is 1. The van der Waals surface area contributed by atoms with Crippen molar-refractivity contribution in [2.45, 2.75) is 89.6 Å². The summed E-state index contributed by atoms with van der Waals surface area (Å²) in [6.45, 7) is 4.03. The van der Waals surface area contributed by atoms with E-state index in [1.54, 1.807) is 0 Å². The molecule has 0 aromatic heterocycles. The summed E-state index contributed by atoms with van der Waals surface area (Å²) in [6.07, 6.45) is 14.3. The second kappa shape index (κ2) is 13.6. The fourth-order valence-electron chi connectivity index (χ4n) is 4.80. The van der Waals surface area contributed by atoms with Crippen LogP contribution in [0.2, 0.25) is 0 Å². The third-order valence-electron chi connectivity index (χ3n) is 6.99. The van der Waals surface area contributed by atoms with Gasteiger partial charge in [-0.3, -0.25) is 0 Å². The third-order valence-corrected chi connectivity index (χ3v) is 6.99. The number of benzene rings is 2. The summed E-state index contributed by atoms with van der Waals surface area (Å²) >= 11 is 0. The minimum Gasteiger partial charge on any atom is -0.487 e. The number of hydrogen-bond acceptors (Lipinski definition) is 1. The number of halogens is 3. The zero-order valence-corrected chi connectivity index (χ0v) is 21.2. The summed E-state index contributed by atoms with van der Waals surface area (Å²) in [5, 5.41) is 0. The molecule has 0 amide bonds. The summed E-state index contributed by atoms with van der Waals surface area (Å²) in [5.74, 6) is -2.24. The molecule has 2 aromatic carbocycles. The van der Waals surface area contributed by atoms with Gasteiger partial charge in [-0.1, -0.05) is 107 Å². The highest BCUT2D eigenvalue weighted by atomic mass is 19.2. The minimum absolute atomic E-state index is 0.134. The van der Waals surface area contributed by atoms with E-state index in [-0.39, 0.29) is 23.3 Å². The van der Waals surface area contributed by atoms with E-state index in [0.29, 0.717) is 12.0 Å². The molecule has 0 spiro atoms. The van der Waals surface area contributed by atoms with Crippen LogP contribution in [0, 0.1) is 11.6 Å². The molecule has 0 fully saturated rings. The molecule has 1 aliphatic carbocycles. The Bertz CT molecular complexity index is 982. The third kappa shape index (κ3) is 7.25. The van der Waals surface area contributed by atoms with Gasteiger partial charge in [0.25, 0.3) is 0 Å². The van der Waals surface area contributed by atoms with E-state index in [1.165, 1.54) is 24.1 Å². The highest BCUT2D eigenvalue weighted by molar-refractivity contribution is 5.76. The lowest BCUT2D eigenvalue weighted by atomic mass is 9.70. The summed E-state index contributed by atoms with van der Waals surface area (Å²) < 4.78 is 49.1. The molecule has 3 rings (SSSR count). The normalized spacial score (nSPS) is 18.4. The predicted octanol–water partition coefficient (Wildman–Crippen LogP) is 9.51. The first-order valence-electron chi connectivity index (χ1n) is 13.2. The Morgan fingerprint density at radius 1 is 0.886 bits per heavy atom. The molecule has 2 atom stereocenters. The lowest BCUT2D eigenvalue weighted by molar-refractivity contribution is 0.177. The Kier molecular flexibility index (Phi) is 10.5. The van der Waals surface area contributed by atoms with Crippen molar-refractivity contribution in [1.82, 2.24) is 0 Å². The Labute approximate surface area is 209 Å². The van der Waals surface area contributed by atoms with E-state index in [4.69, 9.17) is 4.74 Å². The van der Waals surface area contributed by atoms with Gasteiger partial charge in [-0.15, -0.1) is 0 Å². The van der Waals surface area contributed by atoms with Gasteiger partial charge in [-0.2, -0.15) is 4.39 Å². The summed E-state index contributed by atoms with van der Waals surface area (Å²) in [6, 6.07) is 13.3. The van der Waals surface area contributed by atoms with Crippen LogP contribution in [-0.4, -0.2) is 12.8 Å². The molecule has 0 N–H and O–H groups in total. The summed E-state index contributed by atoms with van der Waals surface area (Å²) in [4.78, 5) is 0. The Hall–Kier alpha value is -2.49. The fourth-order valence-corrected chi connectivity index (χ4v) is 4.80. The van der Waals surface area contributed by atoms with Crippen molar-refractivity contribution >= 4 is 5.57 Å². The van der Waals surface area contributed by atoms with Crippen LogP contribution in [0.5, 0.6) is 5.75 Å². The molecular formula is C31H39F3O. The van der Waals surface area contributed by atoms with Crippen LogP contribution in [0.25, 0.3) is 5.57 Å². The zero-order chi connectivity index (χ0) is 25.1. The molecule has 4 heteroatoms. The van der Waals surface area contributed by atoms with E-state index in [0.717, 1.165) is 51.4 Å². The van der Waals surface area contributed by atoms with Gasteiger partial charge in [0.2, 0.25) is 5.82 Å². The molecule has 35 heavy (non-hydrogen) atoms. The van der Waals surface area contributed by atoms with Crippen molar-refractivity contribution in [3.05, 3.63) is 83.5 Å². The average molecular weight is 485 g/mol. The van der Waals surface area contributed by atoms with Crippen LogP contribution in [-0.2, 0) is 5.41 Å². The molecule has 0 bridgehead atoms. The molecule has 190 valence electrons. The van der Waals surface area contributed by atoms with Gasteiger partial charge in [0, 0.05) is 11.0 Å². The van der Waals surface area contributed by atoms with Gasteiger partial charge in [-0.25, -0.2) is 8.78 Å². The average Bonchev–Trinajstić information content (AvgIpc) is 2.89. The molecule has 0 heterocycles. The smallest absolute Gasteiger partial charge is 0.201 e. The van der Waals surface area contributed by atoms with Crippen molar-refractivity contribution in [2.75, 3.05) is 6.61 Å². The Morgan fingerprint density at radius 3 is 2.31 bits per heavy atom. The highest BCUT2D eigenvalue weighted by Crippen LogP contribution is 2.41. The van der Waals surface area contributed by atoms with E-state index in [1.807, 2.05) is 30.4 Å². The lowest BCUT2D eigenvalue weighted by Crippen LogP contribution is -2.25. The second-order valence-corrected chi connectivity index (χ2v) is 9.67. The van der Waals surface area contributed by atoms with Gasteiger partial charge in [0.15, 0.2) is 11.6 Å². The van der Waals surface area contributed by atoms with Crippen LogP contribution in [0.4, 0.5) is 13.2 Å². The SMILES string of the molecule is CCCCCCC(F)COc1ccc(C2=CC[C@](CCCCC)(c3ccccc3)C=C2)c(F)c1F. The summed E-state index contributed by atoms with van der Waals surface area (Å²) in [5.41, 5.74) is 1.98. The maximum Gasteiger partial charge on any atom is 0.201 e. The van der Waals surface area contributed by atoms with Gasteiger partial charge in [0.05, 0.1) is 0 Å². The number of ether oxygens (including phenoxy) is 1. The second-order valence-electron chi connectivity index (χ2n) is 9.67. The molecule has 0 aliphatic heterocycles. The molecule has 0 saturated heterocycles. The van der Waals surface area contributed by atoms with Crippen molar-refractivity contribution in [3.63, 3.8) is 0 Å². The number of hydrogen-bond donors (Lipinski definition) is 0. The largest absolute Gasteiger partial charge is 0.487 e. The maximum atomic E-state index is 15.0. The van der Waals surface area contributed by atoms with Crippen molar-refractivity contribution < 1.29 is 17.9 Å². The number of rotatable bonds is 14. The van der Waals surface area contributed by atoms with Crippen LogP contribution in [0.1, 0.15) is 89.2 Å². The number of unbranched alkanes of at least 4 members (excludes halogenated alkanes) is 5. The standard InChI is InChI=1S/C31H39F3O/c1-3-5-7-11-15-26(32)23-35-28-17-16-27(29(33)30(28)34)24-18-21-31(22-19-24,20-12-6-4-2)25-13-9-8-10-14-25/h8-10,13-14,16-19,21,26H,3-7,11-12,15,20,22-23H2,1-2H3/t26?,31-/m1/s1.